The van der Waals surface area contributed by atoms with Crippen LogP contribution in [0.2, 0.25) is 0 Å². The van der Waals surface area contributed by atoms with E-state index in [9.17, 15) is 5.11 Å². The van der Waals surface area contributed by atoms with Crippen LogP contribution in [-0.2, 0) is 6.42 Å². The van der Waals surface area contributed by atoms with Crippen LogP contribution >= 0.6 is 15.9 Å². The Labute approximate surface area is 112 Å². The van der Waals surface area contributed by atoms with Crippen molar-refractivity contribution in [2.24, 2.45) is 5.92 Å². The molecule has 3 heteroatoms. The second kappa shape index (κ2) is 5.49. The van der Waals surface area contributed by atoms with E-state index in [0.29, 0.717) is 12.3 Å². The van der Waals surface area contributed by atoms with Crippen LogP contribution in [0.25, 0.3) is 0 Å². The first-order chi connectivity index (χ1) is 8.08. The van der Waals surface area contributed by atoms with Crippen LogP contribution in [0, 0.1) is 5.92 Å². The van der Waals surface area contributed by atoms with Gasteiger partial charge in [0.2, 0.25) is 0 Å². The van der Waals surface area contributed by atoms with Gasteiger partial charge in [0, 0.05) is 23.3 Å². The van der Waals surface area contributed by atoms with Crippen molar-refractivity contribution >= 4 is 15.9 Å². The number of aromatic nitrogens is 1. The summed E-state index contributed by atoms with van der Waals surface area (Å²) < 4.78 is 0.981. The molecule has 1 heterocycles. The average Bonchev–Trinajstić information content (AvgIpc) is 2.29. The maximum Gasteiger partial charge on any atom is 0.0688 e. The van der Waals surface area contributed by atoms with E-state index in [2.05, 4.69) is 20.9 Å². The fraction of sp³-hybridized carbons (Fsp3) is 0.643. The molecular formula is C14H20BrNO. The molecular weight excluding hydrogens is 278 g/mol. The molecule has 0 saturated heterocycles. The maximum atomic E-state index is 10.6. The second-order valence-corrected chi connectivity index (χ2v) is 6.30. The zero-order chi connectivity index (χ0) is 12.3. The quantitative estimate of drug-likeness (QED) is 0.922. The van der Waals surface area contributed by atoms with Crippen molar-refractivity contribution in [3.8, 4) is 0 Å². The molecule has 1 aliphatic rings. The van der Waals surface area contributed by atoms with Crippen molar-refractivity contribution in [2.45, 2.75) is 51.0 Å². The van der Waals surface area contributed by atoms with Crippen LogP contribution in [0.1, 0.15) is 44.6 Å². The molecule has 2 rings (SSSR count). The van der Waals surface area contributed by atoms with Crippen LogP contribution < -0.4 is 0 Å². The molecule has 1 unspecified atom stereocenters. The molecule has 1 fully saturated rings. The highest BCUT2D eigenvalue weighted by molar-refractivity contribution is 9.10. The number of halogens is 1. The van der Waals surface area contributed by atoms with E-state index in [4.69, 9.17) is 0 Å². The van der Waals surface area contributed by atoms with Gasteiger partial charge in [0.05, 0.1) is 5.60 Å². The lowest BCUT2D eigenvalue weighted by molar-refractivity contribution is -0.0160. The van der Waals surface area contributed by atoms with Gasteiger partial charge in [-0.05, 0) is 53.2 Å². The van der Waals surface area contributed by atoms with Gasteiger partial charge < -0.3 is 5.11 Å². The minimum atomic E-state index is -0.594. The summed E-state index contributed by atoms with van der Waals surface area (Å²) in [6.07, 6.45) is 10.5. The molecule has 1 aromatic heterocycles. The molecule has 0 aromatic carbocycles. The SMILES string of the molecule is CC(O)(Cc1cncc(Br)c1)C1CCCCC1. The van der Waals surface area contributed by atoms with E-state index in [1.807, 2.05) is 19.2 Å². The molecule has 1 atom stereocenters. The highest BCUT2D eigenvalue weighted by Crippen LogP contribution is 2.34. The number of pyridine rings is 1. The lowest BCUT2D eigenvalue weighted by atomic mass is 9.75. The van der Waals surface area contributed by atoms with Crippen LogP contribution in [-0.4, -0.2) is 15.7 Å². The number of aliphatic hydroxyl groups is 1. The highest BCUT2D eigenvalue weighted by Gasteiger charge is 2.32. The number of hydrogen-bond acceptors (Lipinski definition) is 2. The summed E-state index contributed by atoms with van der Waals surface area (Å²) in [5, 5.41) is 10.6. The third-order valence-corrected chi connectivity index (χ3v) is 4.24. The highest BCUT2D eigenvalue weighted by atomic mass is 79.9. The van der Waals surface area contributed by atoms with E-state index in [1.165, 1.54) is 19.3 Å². The number of nitrogens with zero attached hydrogens (tertiary/aromatic N) is 1. The summed E-state index contributed by atoms with van der Waals surface area (Å²) in [6, 6.07) is 2.05. The van der Waals surface area contributed by atoms with E-state index >= 15 is 0 Å². The summed E-state index contributed by atoms with van der Waals surface area (Å²) in [5.41, 5.74) is 0.512. The third kappa shape index (κ3) is 3.52. The van der Waals surface area contributed by atoms with Crippen LogP contribution in [0.5, 0.6) is 0 Å². The summed E-state index contributed by atoms with van der Waals surface area (Å²) in [7, 11) is 0. The molecule has 94 valence electrons. The molecule has 1 aromatic rings. The molecule has 2 nitrogen and oxygen atoms in total. The fourth-order valence-corrected chi connectivity index (χ4v) is 3.25. The zero-order valence-corrected chi connectivity index (χ0v) is 11.9. The molecule has 0 radical (unpaired) electrons. The van der Waals surface area contributed by atoms with Crippen molar-refractivity contribution in [1.82, 2.24) is 4.98 Å². The Morgan fingerprint density at radius 3 is 2.71 bits per heavy atom. The van der Waals surface area contributed by atoms with Crippen molar-refractivity contribution in [2.75, 3.05) is 0 Å². The van der Waals surface area contributed by atoms with Crippen LogP contribution in [0.3, 0.4) is 0 Å². The molecule has 0 aliphatic heterocycles. The smallest absolute Gasteiger partial charge is 0.0688 e. The first-order valence-electron chi connectivity index (χ1n) is 6.40. The Morgan fingerprint density at radius 1 is 1.35 bits per heavy atom. The zero-order valence-electron chi connectivity index (χ0n) is 10.3. The van der Waals surface area contributed by atoms with Crippen molar-refractivity contribution in [3.63, 3.8) is 0 Å². The van der Waals surface area contributed by atoms with Gasteiger partial charge in [-0.15, -0.1) is 0 Å². The average molecular weight is 298 g/mol. The van der Waals surface area contributed by atoms with E-state index in [1.54, 1.807) is 6.20 Å². The fourth-order valence-electron chi connectivity index (χ4n) is 2.83. The first kappa shape index (κ1) is 13.0. The lowest BCUT2D eigenvalue weighted by Gasteiger charge is -2.35. The van der Waals surface area contributed by atoms with Crippen LogP contribution in [0.4, 0.5) is 0 Å². The van der Waals surface area contributed by atoms with Gasteiger partial charge in [-0.1, -0.05) is 19.3 Å². The van der Waals surface area contributed by atoms with Crippen LogP contribution in [0.15, 0.2) is 22.9 Å². The Balaban J connectivity index is 2.05. The van der Waals surface area contributed by atoms with E-state index in [-0.39, 0.29) is 0 Å². The maximum absolute atomic E-state index is 10.6. The van der Waals surface area contributed by atoms with Gasteiger partial charge in [0.15, 0.2) is 0 Å². The predicted molar refractivity (Wildman–Crippen MR) is 72.8 cm³/mol. The summed E-state index contributed by atoms with van der Waals surface area (Å²) in [4.78, 5) is 4.16. The Morgan fingerprint density at radius 2 is 2.06 bits per heavy atom. The minimum Gasteiger partial charge on any atom is -0.390 e. The Bertz CT molecular complexity index is 372. The summed E-state index contributed by atoms with van der Waals surface area (Å²) in [6.45, 7) is 1.98. The minimum absolute atomic E-state index is 0.440. The van der Waals surface area contributed by atoms with Gasteiger partial charge in [-0.3, -0.25) is 4.98 Å². The largest absolute Gasteiger partial charge is 0.390 e. The predicted octanol–water partition coefficient (Wildman–Crippen LogP) is 3.72. The number of hydrogen-bond donors (Lipinski definition) is 1. The molecule has 0 spiro atoms. The van der Waals surface area contributed by atoms with Gasteiger partial charge in [0.25, 0.3) is 0 Å². The number of rotatable bonds is 3. The first-order valence-corrected chi connectivity index (χ1v) is 7.19. The molecule has 17 heavy (non-hydrogen) atoms. The Hall–Kier alpha value is -0.410. The van der Waals surface area contributed by atoms with Crippen molar-refractivity contribution in [3.05, 3.63) is 28.5 Å². The molecule has 0 bridgehead atoms. The summed E-state index contributed by atoms with van der Waals surface area (Å²) in [5.74, 6) is 0.440. The standard InChI is InChI=1S/C14H20BrNO/c1-14(17,12-5-3-2-4-6-12)8-11-7-13(15)10-16-9-11/h7,9-10,12,17H,2-6,8H2,1H3. The van der Waals surface area contributed by atoms with Crippen molar-refractivity contribution in [1.29, 1.82) is 0 Å². The van der Waals surface area contributed by atoms with Gasteiger partial charge in [-0.25, -0.2) is 0 Å². The van der Waals surface area contributed by atoms with E-state index < -0.39 is 5.60 Å². The summed E-state index contributed by atoms with van der Waals surface area (Å²) >= 11 is 3.42. The van der Waals surface area contributed by atoms with Crippen molar-refractivity contribution < 1.29 is 5.11 Å². The molecule has 0 amide bonds. The normalized spacial score (nSPS) is 21.1. The monoisotopic (exact) mass is 297 g/mol. The van der Waals surface area contributed by atoms with E-state index in [0.717, 1.165) is 22.9 Å². The van der Waals surface area contributed by atoms with Gasteiger partial charge in [0.1, 0.15) is 0 Å². The Kier molecular flexibility index (Phi) is 4.21. The van der Waals surface area contributed by atoms with Gasteiger partial charge >= 0.3 is 0 Å². The second-order valence-electron chi connectivity index (χ2n) is 5.38. The topological polar surface area (TPSA) is 33.1 Å². The molecule has 1 aliphatic carbocycles. The molecule has 1 N–H and O–H groups in total. The van der Waals surface area contributed by atoms with Gasteiger partial charge in [-0.2, -0.15) is 0 Å². The molecule has 1 saturated carbocycles. The lowest BCUT2D eigenvalue weighted by Crippen LogP contribution is -2.38. The third-order valence-electron chi connectivity index (χ3n) is 3.81.